The lowest BCUT2D eigenvalue weighted by Gasteiger charge is -1.99. The van der Waals surface area contributed by atoms with Crippen LogP contribution in [0, 0.1) is 5.82 Å². The zero-order chi connectivity index (χ0) is 9.84. The fourth-order valence-electron chi connectivity index (χ4n) is 0.929. The Morgan fingerprint density at radius 1 is 1.62 bits per heavy atom. The highest BCUT2D eigenvalue weighted by molar-refractivity contribution is 9.10. The molecule has 0 aliphatic heterocycles. The van der Waals surface area contributed by atoms with Crippen LogP contribution in [0.5, 0.6) is 0 Å². The molecule has 13 heavy (non-hydrogen) atoms. The number of hydrogen-bond acceptors (Lipinski definition) is 0. The summed E-state index contributed by atoms with van der Waals surface area (Å²) < 4.78 is 14.0. The molecular formula is C10H9BrClF. The summed E-state index contributed by atoms with van der Waals surface area (Å²) in [5, 5.41) is 0. The molecule has 0 heterocycles. The molecule has 1 aromatic rings. The lowest BCUT2D eigenvalue weighted by Crippen LogP contribution is -1.84. The van der Waals surface area contributed by atoms with Crippen LogP contribution in [-0.4, -0.2) is 5.88 Å². The molecule has 0 nitrogen and oxygen atoms in total. The van der Waals surface area contributed by atoms with Crippen LogP contribution in [0.3, 0.4) is 0 Å². The lowest BCUT2D eigenvalue weighted by atomic mass is 10.1. The molecule has 0 spiro atoms. The fraction of sp³-hybridized carbons (Fsp3) is 0.200. The van der Waals surface area contributed by atoms with Crippen molar-refractivity contribution in [2.75, 3.05) is 5.88 Å². The van der Waals surface area contributed by atoms with Crippen LogP contribution in [0.2, 0.25) is 0 Å². The molecular weight excluding hydrogens is 254 g/mol. The third-order valence-corrected chi connectivity index (χ3v) is 2.49. The molecule has 0 saturated carbocycles. The monoisotopic (exact) mass is 262 g/mol. The summed E-state index contributed by atoms with van der Waals surface area (Å²) in [6, 6.07) is 4.82. The van der Waals surface area contributed by atoms with Crippen LogP contribution in [-0.2, 0) is 0 Å². The zero-order valence-electron chi connectivity index (χ0n) is 7.15. The predicted molar refractivity (Wildman–Crippen MR) is 58.5 cm³/mol. The van der Waals surface area contributed by atoms with Crippen molar-refractivity contribution < 1.29 is 4.39 Å². The van der Waals surface area contributed by atoms with Gasteiger partial charge in [-0.15, -0.1) is 11.6 Å². The van der Waals surface area contributed by atoms with Gasteiger partial charge in [0.1, 0.15) is 5.82 Å². The largest absolute Gasteiger partial charge is 0.206 e. The molecule has 0 bridgehead atoms. The van der Waals surface area contributed by atoms with E-state index in [1.807, 2.05) is 6.92 Å². The molecule has 0 aliphatic carbocycles. The van der Waals surface area contributed by atoms with Gasteiger partial charge in [-0.05, 0) is 25.1 Å². The first-order valence-electron chi connectivity index (χ1n) is 3.81. The van der Waals surface area contributed by atoms with Crippen LogP contribution >= 0.6 is 27.5 Å². The quantitative estimate of drug-likeness (QED) is 0.701. The molecule has 70 valence electrons. The first kappa shape index (κ1) is 10.7. The highest BCUT2D eigenvalue weighted by Gasteiger charge is 1.99. The summed E-state index contributed by atoms with van der Waals surface area (Å²) >= 11 is 8.87. The Hall–Kier alpha value is -0.340. The second-order valence-corrected chi connectivity index (χ2v) is 3.97. The molecule has 0 unspecified atom stereocenters. The maximum Gasteiger partial charge on any atom is 0.130 e. The van der Waals surface area contributed by atoms with Crippen LogP contribution in [0.25, 0.3) is 6.08 Å². The Bertz CT molecular complexity index is 334. The Labute approximate surface area is 90.5 Å². The Morgan fingerprint density at radius 3 is 2.92 bits per heavy atom. The molecule has 0 saturated heterocycles. The van der Waals surface area contributed by atoms with E-state index in [2.05, 4.69) is 15.9 Å². The van der Waals surface area contributed by atoms with Gasteiger partial charge in [0.05, 0.1) is 0 Å². The molecule has 1 rings (SSSR count). The van der Waals surface area contributed by atoms with Gasteiger partial charge in [0, 0.05) is 15.9 Å². The summed E-state index contributed by atoms with van der Waals surface area (Å²) in [4.78, 5) is 0. The third-order valence-electron chi connectivity index (χ3n) is 1.57. The summed E-state index contributed by atoms with van der Waals surface area (Å²) in [5.41, 5.74) is 1.51. The molecule has 0 atom stereocenters. The SMILES string of the molecule is C/C(=C/c1cc(Br)ccc1F)CCl. The van der Waals surface area contributed by atoms with E-state index in [0.29, 0.717) is 11.4 Å². The first-order valence-corrected chi connectivity index (χ1v) is 5.14. The molecule has 1 aromatic carbocycles. The van der Waals surface area contributed by atoms with Crippen molar-refractivity contribution in [2.45, 2.75) is 6.92 Å². The summed E-state index contributed by atoms with van der Waals surface area (Å²) in [5.74, 6) is 0.194. The average Bonchev–Trinajstić information content (AvgIpc) is 2.11. The van der Waals surface area contributed by atoms with Gasteiger partial charge in [-0.25, -0.2) is 4.39 Å². The van der Waals surface area contributed by atoms with Crippen molar-refractivity contribution in [1.82, 2.24) is 0 Å². The van der Waals surface area contributed by atoms with Crippen molar-refractivity contribution in [3.05, 3.63) is 39.6 Å². The van der Waals surface area contributed by atoms with Gasteiger partial charge in [0.2, 0.25) is 0 Å². The van der Waals surface area contributed by atoms with E-state index in [-0.39, 0.29) is 5.82 Å². The number of benzene rings is 1. The molecule has 0 fully saturated rings. The second kappa shape index (κ2) is 4.77. The second-order valence-electron chi connectivity index (χ2n) is 2.79. The average molecular weight is 264 g/mol. The summed E-state index contributed by atoms with van der Waals surface area (Å²) in [6.07, 6.45) is 1.74. The topological polar surface area (TPSA) is 0 Å². The van der Waals surface area contributed by atoms with E-state index in [4.69, 9.17) is 11.6 Å². The minimum Gasteiger partial charge on any atom is -0.206 e. The van der Waals surface area contributed by atoms with Crippen molar-refractivity contribution in [2.24, 2.45) is 0 Å². The first-order chi connectivity index (χ1) is 6.13. The third kappa shape index (κ3) is 3.12. The van der Waals surface area contributed by atoms with Crippen LogP contribution < -0.4 is 0 Å². The predicted octanol–water partition coefficient (Wildman–Crippen LogP) is 4.23. The van der Waals surface area contributed by atoms with Gasteiger partial charge in [-0.3, -0.25) is 0 Å². The molecule has 0 aromatic heterocycles. The van der Waals surface area contributed by atoms with Crippen LogP contribution in [0.15, 0.2) is 28.2 Å². The smallest absolute Gasteiger partial charge is 0.130 e. The van der Waals surface area contributed by atoms with E-state index in [1.54, 1.807) is 18.2 Å². The maximum atomic E-state index is 13.2. The van der Waals surface area contributed by atoms with E-state index < -0.39 is 0 Å². The number of hydrogen-bond donors (Lipinski definition) is 0. The molecule has 0 amide bonds. The van der Waals surface area contributed by atoms with E-state index in [1.165, 1.54) is 6.07 Å². The summed E-state index contributed by atoms with van der Waals surface area (Å²) in [7, 11) is 0. The van der Waals surface area contributed by atoms with E-state index >= 15 is 0 Å². The standard InChI is InChI=1S/C10H9BrClF/c1-7(6-12)4-8-5-9(11)2-3-10(8)13/h2-5H,6H2,1H3/b7-4-. The fourth-order valence-corrected chi connectivity index (χ4v) is 1.39. The Kier molecular flexibility index (Phi) is 3.94. The molecule has 3 heteroatoms. The number of alkyl halides is 1. The summed E-state index contributed by atoms with van der Waals surface area (Å²) in [6.45, 7) is 1.87. The van der Waals surface area contributed by atoms with Gasteiger partial charge >= 0.3 is 0 Å². The number of halogens is 3. The number of rotatable bonds is 2. The highest BCUT2D eigenvalue weighted by Crippen LogP contribution is 2.18. The normalized spacial score (nSPS) is 11.8. The van der Waals surface area contributed by atoms with Crippen molar-refractivity contribution in [3.8, 4) is 0 Å². The number of allylic oxidation sites excluding steroid dienone is 1. The van der Waals surface area contributed by atoms with E-state index in [0.717, 1.165) is 10.0 Å². The molecule has 0 aliphatic rings. The van der Waals surface area contributed by atoms with Crippen molar-refractivity contribution in [3.63, 3.8) is 0 Å². The molecule has 0 radical (unpaired) electrons. The van der Waals surface area contributed by atoms with Crippen molar-refractivity contribution in [1.29, 1.82) is 0 Å². The van der Waals surface area contributed by atoms with Crippen molar-refractivity contribution >= 4 is 33.6 Å². The van der Waals surface area contributed by atoms with Gasteiger partial charge in [0.25, 0.3) is 0 Å². The van der Waals surface area contributed by atoms with Gasteiger partial charge in [-0.2, -0.15) is 0 Å². The van der Waals surface area contributed by atoms with Crippen LogP contribution in [0.4, 0.5) is 4.39 Å². The lowest BCUT2D eigenvalue weighted by molar-refractivity contribution is 0.624. The Balaban J connectivity index is 3.07. The van der Waals surface area contributed by atoms with Gasteiger partial charge in [-0.1, -0.05) is 27.6 Å². The van der Waals surface area contributed by atoms with E-state index in [9.17, 15) is 4.39 Å². The highest BCUT2D eigenvalue weighted by atomic mass is 79.9. The van der Waals surface area contributed by atoms with Gasteiger partial charge < -0.3 is 0 Å². The molecule has 0 N–H and O–H groups in total. The minimum atomic E-state index is -0.229. The minimum absolute atomic E-state index is 0.229. The zero-order valence-corrected chi connectivity index (χ0v) is 9.49. The Morgan fingerprint density at radius 2 is 2.31 bits per heavy atom. The van der Waals surface area contributed by atoms with Crippen LogP contribution in [0.1, 0.15) is 12.5 Å². The maximum absolute atomic E-state index is 13.2. The van der Waals surface area contributed by atoms with Gasteiger partial charge in [0.15, 0.2) is 0 Å².